The molecule has 4 heteroatoms. The van der Waals surface area contributed by atoms with Crippen LogP contribution in [-0.2, 0) is 24.2 Å². The zero-order valence-corrected chi connectivity index (χ0v) is 19.6. The second kappa shape index (κ2) is 10.1. The Hall–Kier alpha value is -1.65. The number of benzene rings is 2. The van der Waals surface area contributed by atoms with Crippen molar-refractivity contribution in [2.75, 3.05) is 13.1 Å². The van der Waals surface area contributed by atoms with Crippen LogP contribution in [0.4, 0.5) is 0 Å². The number of likely N-dealkylation sites (tertiary alicyclic amines) is 1. The number of hydrogen-bond acceptors (Lipinski definition) is 2. The molecule has 2 aromatic rings. The average Bonchev–Trinajstić information content (AvgIpc) is 2.79. The van der Waals surface area contributed by atoms with E-state index < -0.39 is 0 Å². The fraction of sp³-hybridized carbons (Fsp3) is 0.500. The topological polar surface area (TPSA) is 32.3 Å². The third-order valence-corrected chi connectivity index (χ3v) is 7.31. The van der Waals surface area contributed by atoms with Crippen molar-refractivity contribution in [3.8, 4) is 0 Å². The third-order valence-electron chi connectivity index (χ3n) is 6.78. The molecule has 4 rings (SSSR count). The van der Waals surface area contributed by atoms with E-state index >= 15 is 0 Å². The van der Waals surface area contributed by atoms with E-state index in [9.17, 15) is 4.79 Å². The van der Waals surface area contributed by atoms with Crippen LogP contribution in [0.25, 0.3) is 0 Å². The van der Waals surface area contributed by atoms with Crippen molar-refractivity contribution >= 4 is 21.8 Å². The molecule has 0 aromatic heterocycles. The highest BCUT2D eigenvalue weighted by molar-refractivity contribution is 9.10. The van der Waals surface area contributed by atoms with Gasteiger partial charge in [0.1, 0.15) is 0 Å². The highest BCUT2D eigenvalue weighted by Crippen LogP contribution is 2.27. The van der Waals surface area contributed by atoms with E-state index in [1.54, 1.807) is 0 Å². The number of amides is 1. The molecule has 1 saturated heterocycles. The molecule has 3 nitrogen and oxygen atoms in total. The molecule has 0 radical (unpaired) electrons. The third kappa shape index (κ3) is 5.33. The number of nitrogens with one attached hydrogen (secondary N) is 1. The van der Waals surface area contributed by atoms with Gasteiger partial charge in [-0.05, 0) is 92.4 Å². The molecule has 1 aliphatic heterocycles. The summed E-state index contributed by atoms with van der Waals surface area (Å²) in [6.07, 6.45) is 7.82. The van der Waals surface area contributed by atoms with Crippen LogP contribution in [0.3, 0.4) is 0 Å². The molecule has 30 heavy (non-hydrogen) atoms. The number of fused-ring (bicyclic) bond motifs is 1. The molecule has 1 aliphatic carbocycles. The Morgan fingerprint density at radius 1 is 1.07 bits per heavy atom. The van der Waals surface area contributed by atoms with Gasteiger partial charge in [-0.1, -0.05) is 53.2 Å². The predicted octanol–water partition coefficient (Wildman–Crippen LogP) is 5.81. The molecule has 1 heterocycles. The van der Waals surface area contributed by atoms with Crippen LogP contribution in [0.5, 0.6) is 0 Å². The number of rotatable bonds is 6. The summed E-state index contributed by atoms with van der Waals surface area (Å²) >= 11 is 3.50. The quantitative estimate of drug-likeness (QED) is 0.579. The summed E-state index contributed by atoms with van der Waals surface area (Å²) in [6.45, 7) is 5.12. The van der Waals surface area contributed by atoms with Crippen LogP contribution in [0, 0.1) is 5.92 Å². The zero-order chi connectivity index (χ0) is 20.9. The van der Waals surface area contributed by atoms with Gasteiger partial charge in [-0.15, -0.1) is 0 Å². The van der Waals surface area contributed by atoms with Crippen molar-refractivity contribution in [2.24, 2.45) is 5.92 Å². The second-order valence-electron chi connectivity index (χ2n) is 8.88. The number of aryl methyl sites for hydroxylation is 2. The van der Waals surface area contributed by atoms with Gasteiger partial charge in [-0.25, -0.2) is 0 Å². The maximum absolute atomic E-state index is 13.0. The summed E-state index contributed by atoms with van der Waals surface area (Å²) < 4.78 is 1.12. The van der Waals surface area contributed by atoms with E-state index in [1.165, 1.54) is 47.9 Å². The van der Waals surface area contributed by atoms with Gasteiger partial charge in [0.15, 0.2) is 0 Å². The Labute approximate surface area is 189 Å². The molecule has 0 spiro atoms. The minimum Gasteiger partial charge on any atom is -0.349 e. The Morgan fingerprint density at radius 2 is 1.77 bits per heavy atom. The number of hydrogen-bond donors (Lipinski definition) is 1. The van der Waals surface area contributed by atoms with Crippen LogP contribution in [0.1, 0.15) is 67.3 Å². The monoisotopic (exact) mass is 468 g/mol. The summed E-state index contributed by atoms with van der Waals surface area (Å²) in [5.74, 6) is 0.376. The van der Waals surface area contributed by atoms with E-state index in [1.807, 2.05) is 0 Å². The zero-order valence-electron chi connectivity index (χ0n) is 18.0. The van der Waals surface area contributed by atoms with Crippen molar-refractivity contribution in [3.63, 3.8) is 0 Å². The molecule has 1 atom stereocenters. The van der Waals surface area contributed by atoms with Gasteiger partial charge in [-0.3, -0.25) is 9.69 Å². The molecule has 2 aromatic carbocycles. The Bertz CT molecular complexity index is 856. The first kappa shape index (κ1) is 21.6. The molecule has 1 unspecified atom stereocenters. The first-order chi connectivity index (χ1) is 14.6. The maximum atomic E-state index is 13.0. The Kier molecular flexibility index (Phi) is 7.27. The van der Waals surface area contributed by atoms with Crippen molar-refractivity contribution in [2.45, 2.75) is 64.5 Å². The molecular weight excluding hydrogens is 436 g/mol. The van der Waals surface area contributed by atoms with Crippen LogP contribution in [-0.4, -0.2) is 23.9 Å². The fourth-order valence-electron chi connectivity index (χ4n) is 4.88. The second-order valence-corrected chi connectivity index (χ2v) is 9.80. The minimum atomic E-state index is 0.130. The lowest BCUT2D eigenvalue weighted by Gasteiger charge is -2.32. The maximum Gasteiger partial charge on any atom is 0.223 e. The SMILES string of the molecule is CCC(NC(=O)C1CCN(Cc2ccc(Br)cc2)CC1)c1ccc2c(c1)CCCC2. The van der Waals surface area contributed by atoms with E-state index in [0.29, 0.717) is 0 Å². The number of halogens is 1. The Balaban J connectivity index is 1.30. The van der Waals surface area contributed by atoms with E-state index in [4.69, 9.17) is 0 Å². The van der Waals surface area contributed by atoms with Crippen molar-refractivity contribution in [3.05, 3.63) is 69.2 Å². The highest BCUT2D eigenvalue weighted by atomic mass is 79.9. The van der Waals surface area contributed by atoms with E-state index in [0.717, 1.165) is 43.4 Å². The lowest BCUT2D eigenvalue weighted by atomic mass is 9.88. The van der Waals surface area contributed by atoms with Crippen molar-refractivity contribution in [1.82, 2.24) is 10.2 Å². The Morgan fingerprint density at radius 3 is 2.47 bits per heavy atom. The largest absolute Gasteiger partial charge is 0.349 e. The van der Waals surface area contributed by atoms with Crippen LogP contribution in [0.2, 0.25) is 0 Å². The van der Waals surface area contributed by atoms with Gasteiger partial charge in [-0.2, -0.15) is 0 Å². The highest BCUT2D eigenvalue weighted by Gasteiger charge is 2.27. The molecule has 1 fully saturated rings. The van der Waals surface area contributed by atoms with Gasteiger partial charge in [0.05, 0.1) is 6.04 Å². The van der Waals surface area contributed by atoms with Crippen LogP contribution in [0.15, 0.2) is 46.9 Å². The number of carbonyl (C=O) groups excluding carboxylic acids is 1. The van der Waals surface area contributed by atoms with Crippen molar-refractivity contribution in [1.29, 1.82) is 0 Å². The summed E-state index contributed by atoms with van der Waals surface area (Å²) in [6, 6.07) is 15.6. The average molecular weight is 469 g/mol. The lowest BCUT2D eigenvalue weighted by Crippen LogP contribution is -2.41. The van der Waals surface area contributed by atoms with Gasteiger partial charge in [0.2, 0.25) is 5.91 Å². The molecular formula is C26H33BrN2O. The normalized spacial score (nSPS) is 18.6. The van der Waals surface area contributed by atoms with Gasteiger partial charge >= 0.3 is 0 Å². The standard InChI is InChI=1S/C26H33BrN2O/c1-2-25(23-10-9-20-5-3-4-6-22(20)17-23)28-26(30)21-13-15-29(16-14-21)18-19-7-11-24(27)12-8-19/h7-12,17,21,25H,2-6,13-16,18H2,1H3,(H,28,30). The smallest absolute Gasteiger partial charge is 0.223 e. The number of piperidine rings is 1. The van der Waals surface area contributed by atoms with Gasteiger partial charge < -0.3 is 5.32 Å². The first-order valence-electron chi connectivity index (χ1n) is 11.5. The fourth-order valence-corrected chi connectivity index (χ4v) is 5.15. The van der Waals surface area contributed by atoms with Crippen LogP contribution >= 0.6 is 15.9 Å². The summed E-state index contributed by atoms with van der Waals surface area (Å²) in [5.41, 5.74) is 5.61. The number of nitrogens with zero attached hydrogens (tertiary/aromatic N) is 1. The van der Waals surface area contributed by atoms with Crippen LogP contribution < -0.4 is 5.32 Å². The summed E-state index contributed by atoms with van der Waals surface area (Å²) in [4.78, 5) is 15.5. The van der Waals surface area contributed by atoms with Crippen molar-refractivity contribution < 1.29 is 4.79 Å². The van der Waals surface area contributed by atoms with E-state index in [2.05, 4.69) is 75.5 Å². The number of carbonyl (C=O) groups is 1. The summed E-state index contributed by atoms with van der Waals surface area (Å²) in [7, 11) is 0. The van der Waals surface area contributed by atoms with Gasteiger partial charge in [0.25, 0.3) is 0 Å². The predicted molar refractivity (Wildman–Crippen MR) is 126 cm³/mol. The molecule has 0 bridgehead atoms. The lowest BCUT2D eigenvalue weighted by molar-refractivity contribution is -0.127. The summed E-state index contributed by atoms with van der Waals surface area (Å²) in [5, 5.41) is 3.37. The molecule has 160 valence electrons. The van der Waals surface area contributed by atoms with Gasteiger partial charge in [0, 0.05) is 16.9 Å². The first-order valence-corrected chi connectivity index (χ1v) is 12.3. The molecule has 1 amide bonds. The molecule has 1 N–H and O–H groups in total. The van der Waals surface area contributed by atoms with E-state index in [-0.39, 0.29) is 17.9 Å². The molecule has 2 aliphatic rings. The minimum absolute atomic E-state index is 0.130. The molecule has 0 saturated carbocycles.